The first-order chi connectivity index (χ1) is 19.7. The quantitative estimate of drug-likeness (QED) is 0.247. The fourth-order valence-corrected chi connectivity index (χ4v) is 8.09. The Morgan fingerprint density at radius 3 is 2.76 bits per heavy atom. The number of primary amides is 1. The number of carbonyl (C=O) groups excluding carboxylic acids is 2. The molecule has 5 N–H and O–H groups in total. The Morgan fingerprint density at radius 1 is 1.29 bits per heavy atom. The molecule has 4 aliphatic rings. The van der Waals surface area contributed by atoms with Crippen molar-refractivity contribution in [1.82, 2.24) is 14.5 Å². The fraction of sp³-hybridized carbons (Fsp3) is 0.444. The fourth-order valence-electron chi connectivity index (χ4n) is 6.29. The van der Waals surface area contributed by atoms with Crippen LogP contribution in [0.3, 0.4) is 0 Å². The Morgan fingerprint density at radius 2 is 2.07 bits per heavy atom. The zero-order chi connectivity index (χ0) is 28.9. The van der Waals surface area contributed by atoms with Crippen LogP contribution in [-0.4, -0.2) is 88.5 Å². The van der Waals surface area contributed by atoms with E-state index in [1.807, 2.05) is 12.1 Å². The van der Waals surface area contributed by atoms with Crippen LogP contribution in [0, 0.1) is 5.41 Å². The minimum absolute atomic E-state index is 0.0555. The molecule has 6 rings (SSSR count). The van der Waals surface area contributed by atoms with Crippen LogP contribution in [0.5, 0.6) is 0 Å². The van der Waals surface area contributed by atoms with Gasteiger partial charge in [0.05, 0.1) is 0 Å². The zero-order valence-electron chi connectivity index (χ0n) is 22.3. The summed E-state index contributed by atoms with van der Waals surface area (Å²) in [6, 6.07) is 5.50. The Balaban J connectivity index is 1.27. The van der Waals surface area contributed by atoms with Crippen LogP contribution in [0.1, 0.15) is 32.1 Å². The number of fused-ring (bicyclic) bond motifs is 1. The van der Waals surface area contributed by atoms with Crippen LogP contribution >= 0.6 is 23.4 Å². The summed E-state index contributed by atoms with van der Waals surface area (Å²) in [5.74, 6) is -1.02. The summed E-state index contributed by atoms with van der Waals surface area (Å²) >= 11 is 10.8. The van der Waals surface area contributed by atoms with E-state index in [0.29, 0.717) is 56.9 Å². The molecule has 11 nitrogen and oxygen atoms in total. The van der Waals surface area contributed by atoms with Crippen LogP contribution in [0.2, 0.25) is 5.02 Å². The van der Waals surface area contributed by atoms with Gasteiger partial charge < -0.3 is 0 Å². The van der Waals surface area contributed by atoms with Gasteiger partial charge in [-0.05, 0) is 0 Å². The van der Waals surface area contributed by atoms with Crippen molar-refractivity contribution in [2.24, 2.45) is 21.9 Å². The third-order valence-electron chi connectivity index (χ3n) is 8.68. The standard InChI is InChI=1S/C27H29AsClN7O4S/c28-22-25(32-12-18(33-22)35-9-7-27(8-10-35)14-40-13-17(27)30)41-16-5-3-4-15(21(16)29)36-11-2-1-6-19(36)34-24(38)20(23(31)37)26(36)39/h3-5,12,17H,1-2,6-11,13-14,30H2,(H2-,31,37,38,39)/p+1. The number of aromatic nitrogens is 2. The van der Waals surface area contributed by atoms with Crippen molar-refractivity contribution in [1.29, 1.82) is 0 Å². The molecule has 0 saturated carbocycles. The summed E-state index contributed by atoms with van der Waals surface area (Å²) in [5, 5.41) is 11.3. The normalized spacial score (nSPS) is 25.8. The average molecular weight is 659 g/mol. The monoisotopic (exact) mass is 658 g/mol. The number of aliphatic imine (C=N–C) groups is 1. The van der Waals surface area contributed by atoms with Crippen LogP contribution in [-0.2, 0) is 14.3 Å². The van der Waals surface area contributed by atoms with Crippen molar-refractivity contribution in [3.05, 3.63) is 40.9 Å². The van der Waals surface area contributed by atoms with Gasteiger partial charge in [0.1, 0.15) is 0 Å². The molecule has 2 radical (unpaired) electrons. The van der Waals surface area contributed by atoms with Crippen molar-refractivity contribution in [3.8, 4) is 0 Å². The number of carbonyl (C=O) groups is 2. The van der Waals surface area contributed by atoms with Crippen LogP contribution < -0.4 is 25.3 Å². The second-order valence-electron chi connectivity index (χ2n) is 10.9. The predicted molar refractivity (Wildman–Crippen MR) is 157 cm³/mol. The van der Waals surface area contributed by atoms with Crippen LogP contribution in [0.4, 0.5) is 11.5 Å². The number of nitrogens with two attached hydrogens (primary N) is 2. The zero-order valence-corrected chi connectivity index (χ0v) is 25.7. The molecule has 2 aromatic rings. The number of quaternary nitrogens is 1. The number of aliphatic hydroxyl groups excluding tert-OH is 1. The van der Waals surface area contributed by atoms with E-state index in [1.54, 1.807) is 12.3 Å². The SMILES string of the molecule is NC(=O)C1=C(O)N=C2CCCC[N+]2(c2cccc(Sc3ncc(N4CCC5(CC4)COCC5N)nc3[As])c2Cl)C1=O. The molecule has 214 valence electrons. The molecule has 1 aromatic carbocycles. The van der Waals surface area contributed by atoms with E-state index in [-0.39, 0.29) is 15.9 Å². The molecule has 0 aliphatic carbocycles. The van der Waals surface area contributed by atoms with Crippen molar-refractivity contribution in [2.45, 2.75) is 48.1 Å². The number of benzene rings is 1. The van der Waals surface area contributed by atoms with Gasteiger partial charge in [-0.2, -0.15) is 0 Å². The molecule has 14 heteroatoms. The van der Waals surface area contributed by atoms with E-state index in [9.17, 15) is 14.7 Å². The minimum atomic E-state index is -1.02. The number of amides is 2. The number of aliphatic hydroxyl groups is 1. The van der Waals surface area contributed by atoms with Gasteiger partial charge in [-0.3, -0.25) is 0 Å². The van der Waals surface area contributed by atoms with Crippen molar-refractivity contribution in [3.63, 3.8) is 0 Å². The van der Waals surface area contributed by atoms with Crippen molar-refractivity contribution >= 4 is 73.9 Å². The second-order valence-corrected chi connectivity index (χ2v) is 13.2. The molecule has 3 saturated heterocycles. The molecule has 2 atom stereocenters. The molecule has 1 spiro atoms. The van der Waals surface area contributed by atoms with E-state index in [4.69, 9.17) is 37.8 Å². The molecule has 5 heterocycles. The van der Waals surface area contributed by atoms with Crippen LogP contribution in [0.15, 0.2) is 50.8 Å². The average Bonchev–Trinajstić information content (AvgIpc) is 3.30. The first kappa shape index (κ1) is 28.6. The molecule has 4 aliphatic heterocycles. The summed E-state index contributed by atoms with van der Waals surface area (Å²) in [4.78, 5) is 42.6. The maximum atomic E-state index is 13.8. The Kier molecular flexibility index (Phi) is 7.67. The number of halogens is 1. The topological polar surface area (TPSA) is 157 Å². The predicted octanol–water partition coefficient (Wildman–Crippen LogP) is 1.70. The Hall–Kier alpha value is -2.47. The van der Waals surface area contributed by atoms with Crippen LogP contribution in [0.25, 0.3) is 0 Å². The second kappa shape index (κ2) is 11.0. The van der Waals surface area contributed by atoms with Gasteiger partial charge in [0.15, 0.2) is 0 Å². The van der Waals surface area contributed by atoms with Gasteiger partial charge >= 0.3 is 256 Å². The summed E-state index contributed by atoms with van der Waals surface area (Å²) < 4.78 is 5.99. The number of rotatable bonds is 5. The number of hydrogen-bond donors (Lipinski definition) is 3. The van der Waals surface area contributed by atoms with Crippen molar-refractivity contribution in [2.75, 3.05) is 37.7 Å². The van der Waals surface area contributed by atoms with Gasteiger partial charge in [0.2, 0.25) is 0 Å². The molecule has 2 amide bonds. The number of nitrogens with zero attached hydrogens (tertiary/aromatic N) is 5. The molecular formula is C27H30AsClN7O4S+. The number of hydrogen-bond acceptors (Lipinski definition) is 10. The van der Waals surface area contributed by atoms with Gasteiger partial charge in [-0.25, -0.2) is 0 Å². The van der Waals surface area contributed by atoms with E-state index in [2.05, 4.69) is 26.7 Å². The summed E-state index contributed by atoms with van der Waals surface area (Å²) in [5.41, 5.74) is 11.8. The Bertz CT molecular complexity index is 1500. The summed E-state index contributed by atoms with van der Waals surface area (Å²) in [6.07, 6.45) is 5.68. The van der Waals surface area contributed by atoms with Gasteiger partial charge in [0, 0.05) is 0 Å². The van der Waals surface area contributed by atoms with Crippen molar-refractivity contribution < 1.29 is 19.4 Å². The third-order valence-corrected chi connectivity index (χ3v) is 11.2. The molecule has 2 unspecified atom stereocenters. The summed E-state index contributed by atoms with van der Waals surface area (Å²) in [7, 11) is 0. The molecular weight excluding hydrogens is 629 g/mol. The summed E-state index contributed by atoms with van der Waals surface area (Å²) in [6.45, 7) is 3.38. The van der Waals surface area contributed by atoms with E-state index in [0.717, 1.165) is 44.8 Å². The van der Waals surface area contributed by atoms with E-state index < -0.39 is 23.3 Å². The van der Waals surface area contributed by atoms with Gasteiger partial charge in [0.25, 0.3) is 0 Å². The number of amidine groups is 1. The molecule has 3 fully saturated rings. The van der Waals surface area contributed by atoms with Gasteiger partial charge in [-0.15, -0.1) is 0 Å². The number of piperidine rings is 2. The first-order valence-electron chi connectivity index (χ1n) is 13.5. The van der Waals surface area contributed by atoms with Gasteiger partial charge in [-0.1, -0.05) is 0 Å². The number of ether oxygens (including phenoxy) is 1. The third kappa shape index (κ3) is 4.78. The molecule has 0 bridgehead atoms. The number of anilines is 1. The molecule has 1 aromatic heterocycles. The maximum absolute atomic E-state index is 13.8. The van der Waals surface area contributed by atoms with E-state index in [1.165, 1.54) is 11.8 Å². The first-order valence-corrected chi connectivity index (χ1v) is 15.6. The molecule has 41 heavy (non-hydrogen) atoms. The Labute approximate surface area is 255 Å². The van der Waals surface area contributed by atoms with E-state index >= 15 is 0 Å².